The van der Waals surface area contributed by atoms with E-state index in [2.05, 4.69) is 15.6 Å². The van der Waals surface area contributed by atoms with E-state index in [1.165, 1.54) is 0 Å². The van der Waals surface area contributed by atoms with E-state index in [0.717, 1.165) is 11.1 Å². The van der Waals surface area contributed by atoms with Crippen LogP contribution in [-0.4, -0.2) is 53.3 Å². The number of ether oxygens (including phenoxy) is 1. The van der Waals surface area contributed by atoms with Crippen molar-refractivity contribution < 1.29 is 9.53 Å². The standard InChI is InChI=1S/C23H31N5O3/c1-23(2,3)31-22(30)28-15-19(16-28)26-21(24-4)25-13-17-8-10-18(11-9-17)14-27-12-6-5-7-20(27)29/h5-12,19H,13-16H2,1-4H3,(H2,24,25,26). The zero-order valence-corrected chi connectivity index (χ0v) is 18.6. The maximum atomic E-state index is 12.0. The molecule has 1 amide bonds. The second kappa shape index (κ2) is 9.68. The molecule has 0 aliphatic carbocycles. The first kappa shape index (κ1) is 22.4. The first-order valence-electron chi connectivity index (χ1n) is 10.4. The number of nitrogens with zero attached hydrogens (tertiary/aromatic N) is 3. The number of nitrogens with one attached hydrogen (secondary N) is 2. The summed E-state index contributed by atoms with van der Waals surface area (Å²) in [5.41, 5.74) is 1.68. The van der Waals surface area contributed by atoms with Gasteiger partial charge in [0.1, 0.15) is 5.60 Å². The summed E-state index contributed by atoms with van der Waals surface area (Å²) >= 11 is 0. The molecule has 0 spiro atoms. The second-order valence-electron chi connectivity index (χ2n) is 8.64. The third-order valence-corrected chi connectivity index (χ3v) is 4.83. The molecule has 0 radical (unpaired) electrons. The minimum absolute atomic E-state index is 0.00987. The Kier molecular flexibility index (Phi) is 6.99. The summed E-state index contributed by atoms with van der Waals surface area (Å²) in [5.74, 6) is 0.689. The Hall–Kier alpha value is -3.29. The second-order valence-corrected chi connectivity index (χ2v) is 8.64. The molecule has 2 N–H and O–H groups in total. The number of guanidine groups is 1. The molecule has 8 heteroatoms. The van der Waals surface area contributed by atoms with Crippen molar-refractivity contribution in [2.24, 2.45) is 4.99 Å². The van der Waals surface area contributed by atoms with Crippen molar-refractivity contribution in [3.05, 3.63) is 70.1 Å². The van der Waals surface area contributed by atoms with Gasteiger partial charge in [0.15, 0.2) is 5.96 Å². The summed E-state index contributed by atoms with van der Waals surface area (Å²) in [7, 11) is 1.72. The van der Waals surface area contributed by atoms with Crippen molar-refractivity contribution in [3.8, 4) is 0 Å². The molecule has 0 saturated carbocycles. The summed E-state index contributed by atoms with van der Waals surface area (Å²) in [5, 5.41) is 6.62. The molecule has 0 atom stereocenters. The molecule has 2 heterocycles. The lowest BCUT2D eigenvalue weighted by Gasteiger charge is -2.40. The molecule has 0 unspecified atom stereocenters. The number of pyridine rings is 1. The Morgan fingerprint density at radius 3 is 2.42 bits per heavy atom. The molecular weight excluding hydrogens is 394 g/mol. The number of likely N-dealkylation sites (tertiary alicyclic amines) is 1. The predicted octanol–water partition coefficient (Wildman–Crippen LogP) is 2.18. The number of carbonyl (C=O) groups excluding carboxylic acids is 1. The van der Waals surface area contributed by atoms with Gasteiger partial charge in [0, 0.05) is 38.9 Å². The van der Waals surface area contributed by atoms with Gasteiger partial charge in [-0.15, -0.1) is 0 Å². The van der Waals surface area contributed by atoms with Gasteiger partial charge >= 0.3 is 6.09 Å². The van der Waals surface area contributed by atoms with Crippen LogP contribution in [0.1, 0.15) is 31.9 Å². The van der Waals surface area contributed by atoms with E-state index >= 15 is 0 Å². The Morgan fingerprint density at radius 1 is 1.13 bits per heavy atom. The average molecular weight is 426 g/mol. The minimum Gasteiger partial charge on any atom is -0.444 e. The molecule has 1 aliphatic rings. The number of hydrogen-bond acceptors (Lipinski definition) is 4. The first-order chi connectivity index (χ1) is 14.7. The third-order valence-electron chi connectivity index (χ3n) is 4.83. The lowest BCUT2D eigenvalue weighted by molar-refractivity contribution is 0.00701. The first-order valence-corrected chi connectivity index (χ1v) is 10.4. The topological polar surface area (TPSA) is 88.0 Å². The van der Waals surface area contributed by atoms with Gasteiger partial charge in [-0.05, 0) is 38.0 Å². The number of benzene rings is 1. The van der Waals surface area contributed by atoms with Crippen molar-refractivity contribution in [1.29, 1.82) is 0 Å². The number of rotatable bonds is 5. The van der Waals surface area contributed by atoms with Gasteiger partial charge < -0.3 is 24.8 Å². The molecule has 1 aromatic carbocycles. The Morgan fingerprint density at radius 2 is 1.81 bits per heavy atom. The highest BCUT2D eigenvalue weighted by Crippen LogP contribution is 2.15. The fourth-order valence-electron chi connectivity index (χ4n) is 3.17. The lowest BCUT2D eigenvalue weighted by atomic mass is 10.1. The van der Waals surface area contributed by atoms with Crippen molar-refractivity contribution in [2.45, 2.75) is 45.5 Å². The summed E-state index contributed by atoms with van der Waals surface area (Å²) in [6.45, 7) is 7.92. The van der Waals surface area contributed by atoms with Gasteiger partial charge in [-0.3, -0.25) is 9.79 Å². The predicted molar refractivity (Wildman–Crippen MR) is 121 cm³/mol. The fraction of sp³-hybridized carbons (Fsp3) is 0.435. The zero-order valence-electron chi connectivity index (χ0n) is 18.6. The molecule has 31 heavy (non-hydrogen) atoms. The SMILES string of the molecule is CN=C(NCc1ccc(Cn2ccccc2=O)cc1)NC1CN(C(=O)OC(C)(C)C)C1. The van der Waals surface area contributed by atoms with E-state index in [-0.39, 0.29) is 17.7 Å². The van der Waals surface area contributed by atoms with Crippen LogP contribution in [0.4, 0.5) is 4.79 Å². The maximum Gasteiger partial charge on any atom is 0.410 e. The Balaban J connectivity index is 1.43. The van der Waals surface area contributed by atoms with Crippen molar-refractivity contribution in [2.75, 3.05) is 20.1 Å². The number of aromatic nitrogens is 1. The minimum atomic E-state index is -0.486. The third kappa shape index (κ3) is 6.60. The van der Waals surface area contributed by atoms with Crippen LogP contribution in [-0.2, 0) is 17.8 Å². The molecule has 8 nitrogen and oxygen atoms in total. The van der Waals surface area contributed by atoms with Crippen LogP contribution in [0.5, 0.6) is 0 Å². The zero-order chi connectivity index (χ0) is 22.4. The van der Waals surface area contributed by atoms with Gasteiger partial charge in [-0.25, -0.2) is 4.79 Å². The van der Waals surface area contributed by atoms with Gasteiger partial charge in [-0.2, -0.15) is 0 Å². The average Bonchev–Trinajstić information content (AvgIpc) is 2.68. The molecule has 1 fully saturated rings. The molecule has 1 saturated heterocycles. The van der Waals surface area contributed by atoms with Gasteiger partial charge in [0.25, 0.3) is 5.56 Å². The Bertz CT molecular complexity index is 970. The monoisotopic (exact) mass is 425 g/mol. The van der Waals surface area contributed by atoms with Crippen molar-refractivity contribution in [1.82, 2.24) is 20.1 Å². The van der Waals surface area contributed by atoms with Crippen LogP contribution in [0.2, 0.25) is 0 Å². The number of amides is 1. The molecule has 3 rings (SSSR count). The molecule has 1 aromatic heterocycles. The van der Waals surface area contributed by atoms with E-state index < -0.39 is 5.60 Å². The van der Waals surface area contributed by atoms with Crippen LogP contribution >= 0.6 is 0 Å². The van der Waals surface area contributed by atoms with Crippen LogP contribution in [0.15, 0.2) is 58.4 Å². The Labute approximate surface area is 182 Å². The van der Waals surface area contributed by atoms with E-state index in [0.29, 0.717) is 32.1 Å². The van der Waals surface area contributed by atoms with E-state index in [4.69, 9.17) is 4.74 Å². The largest absolute Gasteiger partial charge is 0.444 e. The summed E-state index contributed by atoms with van der Waals surface area (Å²) < 4.78 is 7.05. The van der Waals surface area contributed by atoms with Gasteiger partial charge in [0.2, 0.25) is 0 Å². The number of aliphatic imine (C=N–C) groups is 1. The van der Waals surface area contributed by atoms with E-state index in [1.807, 2.05) is 51.1 Å². The molecule has 2 aromatic rings. The van der Waals surface area contributed by atoms with E-state index in [1.54, 1.807) is 34.8 Å². The van der Waals surface area contributed by atoms with E-state index in [9.17, 15) is 9.59 Å². The quantitative estimate of drug-likeness (QED) is 0.566. The molecule has 1 aliphatic heterocycles. The van der Waals surface area contributed by atoms with Gasteiger partial charge in [0.05, 0.1) is 12.6 Å². The summed E-state index contributed by atoms with van der Waals surface area (Å²) in [4.78, 5) is 29.8. The van der Waals surface area contributed by atoms with Crippen molar-refractivity contribution in [3.63, 3.8) is 0 Å². The highest BCUT2D eigenvalue weighted by Gasteiger charge is 2.34. The van der Waals surface area contributed by atoms with Crippen LogP contribution in [0.3, 0.4) is 0 Å². The van der Waals surface area contributed by atoms with Crippen LogP contribution in [0.25, 0.3) is 0 Å². The number of carbonyl (C=O) groups is 1. The highest BCUT2D eigenvalue weighted by molar-refractivity contribution is 5.80. The number of hydrogen-bond donors (Lipinski definition) is 2. The normalized spacial score (nSPS) is 14.7. The van der Waals surface area contributed by atoms with Crippen LogP contribution in [0, 0.1) is 0 Å². The smallest absolute Gasteiger partial charge is 0.410 e. The maximum absolute atomic E-state index is 12.0. The lowest BCUT2D eigenvalue weighted by Crippen LogP contribution is -2.63. The van der Waals surface area contributed by atoms with Gasteiger partial charge in [-0.1, -0.05) is 30.3 Å². The summed E-state index contributed by atoms with van der Waals surface area (Å²) in [6, 6.07) is 13.4. The molecular formula is C23H31N5O3. The van der Waals surface area contributed by atoms with Crippen LogP contribution < -0.4 is 16.2 Å². The van der Waals surface area contributed by atoms with Crippen molar-refractivity contribution >= 4 is 12.1 Å². The fourth-order valence-corrected chi connectivity index (χ4v) is 3.17. The highest BCUT2D eigenvalue weighted by atomic mass is 16.6. The molecule has 166 valence electrons. The molecule has 0 bridgehead atoms. The summed E-state index contributed by atoms with van der Waals surface area (Å²) in [6.07, 6.45) is 1.50.